The number of anilines is 1. The lowest BCUT2D eigenvalue weighted by atomic mass is 10.0. The molecule has 2 aromatic carbocycles. The van der Waals surface area contributed by atoms with E-state index in [1.807, 2.05) is 61.5 Å². The molecule has 5 aromatic rings. The summed E-state index contributed by atoms with van der Waals surface area (Å²) in [6.45, 7) is 1.85. The topological polar surface area (TPSA) is 110 Å². The maximum Gasteiger partial charge on any atom is 0.362 e. The Kier molecular flexibility index (Phi) is 5.46. The maximum atomic E-state index is 14.0. The number of carbonyl (C=O) groups excluding carboxylic acids is 1. The van der Waals surface area contributed by atoms with Crippen molar-refractivity contribution in [3.05, 3.63) is 100 Å². The van der Waals surface area contributed by atoms with E-state index in [0.717, 1.165) is 23.8 Å². The fourth-order valence-corrected chi connectivity index (χ4v) is 4.57. The summed E-state index contributed by atoms with van der Waals surface area (Å²) < 4.78 is 3.25. The molecule has 1 aliphatic carbocycles. The number of aromatic nitrogens is 4. The summed E-state index contributed by atoms with van der Waals surface area (Å²) in [5, 5.41) is 7.29. The molecule has 0 spiro atoms. The van der Waals surface area contributed by atoms with Crippen LogP contribution in [0.5, 0.6) is 0 Å². The number of nitrogen functional groups attached to an aromatic ring is 1. The minimum Gasteiger partial charge on any atom is -0.382 e. The smallest absolute Gasteiger partial charge is 0.362 e. The Bertz CT molecular complexity index is 1790. The summed E-state index contributed by atoms with van der Waals surface area (Å²) >= 11 is 0. The minimum atomic E-state index is -0.524. The summed E-state index contributed by atoms with van der Waals surface area (Å²) in [7, 11) is 0. The third kappa shape index (κ3) is 4.10. The van der Waals surface area contributed by atoms with Crippen LogP contribution in [0.1, 0.15) is 47.4 Å². The number of nitrogens with two attached hydrogens (primary N) is 1. The molecular formula is C29H25N6O2+. The van der Waals surface area contributed by atoms with Crippen molar-refractivity contribution in [1.82, 2.24) is 20.0 Å². The number of amides is 1. The van der Waals surface area contributed by atoms with Crippen LogP contribution in [0.3, 0.4) is 0 Å². The van der Waals surface area contributed by atoms with Crippen LogP contribution in [0.2, 0.25) is 0 Å². The van der Waals surface area contributed by atoms with Gasteiger partial charge in [-0.05, 0) is 54.4 Å². The van der Waals surface area contributed by atoms with Crippen molar-refractivity contribution in [2.24, 2.45) is 5.92 Å². The zero-order valence-corrected chi connectivity index (χ0v) is 20.2. The van der Waals surface area contributed by atoms with Gasteiger partial charge in [-0.15, -0.1) is 4.52 Å². The Morgan fingerprint density at radius 1 is 1.19 bits per heavy atom. The van der Waals surface area contributed by atoms with E-state index in [4.69, 9.17) is 5.73 Å². The number of carbonyl (C=O) groups is 1. The van der Waals surface area contributed by atoms with Gasteiger partial charge in [-0.3, -0.25) is 14.2 Å². The average Bonchev–Trinajstić information content (AvgIpc) is 3.67. The second-order valence-electron chi connectivity index (χ2n) is 9.27. The van der Waals surface area contributed by atoms with Crippen molar-refractivity contribution < 1.29 is 9.31 Å². The van der Waals surface area contributed by atoms with E-state index in [-0.39, 0.29) is 16.9 Å². The van der Waals surface area contributed by atoms with Gasteiger partial charge in [-0.1, -0.05) is 42.2 Å². The van der Waals surface area contributed by atoms with E-state index in [1.54, 1.807) is 27.5 Å². The van der Waals surface area contributed by atoms with Crippen LogP contribution in [-0.2, 0) is 0 Å². The number of pyridine rings is 1. The van der Waals surface area contributed by atoms with Crippen LogP contribution >= 0.6 is 0 Å². The number of H-pyrrole nitrogens is 1. The van der Waals surface area contributed by atoms with Crippen LogP contribution in [0.4, 0.5) is 5.82 Å². The Hall–Kier alpha value is -4.90. The van der Waals surface area contributed by atoms with E-state index >= 15 is 0 Å². The van der Waals surface area contributed by atoms with Gasteiger partial charge in [0.2, 0.25) is 0 Å². The van der Waals surface area contributed by atoms with Crippen LogP contribution in [0.15, 0.2) is 77.9 Å². The molecule has 37 heavy (non-hydrogen) atoms. The lowest BCUT2D eigenvalue weighted by Crippen LogP contribution is -2.33. The molecule has 1 amide bonds. The molecule has 0 saturated heterocycles. The highest BCUT2D eigenvalue weighted by atomic mass is 16.2. The first kappa shape index (κ1) is 22.6. The number of aromatic amines is 1. The number of para-hydroxylation sites is 1. The van der Waals surface area contributed by atoms with Crippen LogP contribution in [0.25, 0.3) is 22.1 Å². The summed E-state index contributed by atoms with van der Waals surface area (Å²) in [6, 6.07) is 18.3. The molecule has 1 saturated carbocycles. The number of fused-ring (bicyclic) bond motifs is 2. The normalized spacial score (nSPS) is 13.8. The SMILES string of the molecule is CC(NC(=O)c1c(N)[nH][n+]2cccnc12)c1cc2cccc(C#CC3CC3)c2c(=O)n1-c1ccccc1. The zero-order chi connectivity index (χ0) is 25.5. The van der Waals surface area contributed by atoms with Gasteiger partial charge in [0.25, 0.3) is 11.5 Å². The first-order chi connectivity index (χ1) is 18.0. The molecule has 8 heteroatoms. The second kappa shape index (κ2) is 8.95. The van der Waals surface area contributed by atoms with Crippen molar-refractivity contribution in [2.45, 2.75) is 25.8 Å². The highest BCUT2D eigenvalue weighted by molar-refractivity contribution is 6.03. The first-order valence-electron chi connectivity index (χ1n) is 12.2. The minimum absolute atomic E-state index is 0.177. The molecule has 1 aliphatic rings. The average molecular weight is 490 g/mol. The molecule has 6 rings (SSSR count). The zero-order valence-electron chi connectivity index (χ0n) is 20.2. The summed E-state index contributed by atoms with van der Waals surface area (Å²) in [6.07, 6.45) is 5.56. The van der Waals surface area contributed by atoms with Gasteiger partial charge in [0.15, 0.2) is 11.4 Å². The standard InChI is InChI=1S/C29H24N6O2/c1-18(32-28(36)25-26(30)33-34-16-6-15-31-27(25)34)23-17-21-8-5-7-20(14-13-19-11-12-19)24(21)29(37)35(23)22-9-3-2-4-10-22/h2-10,15-19H,11-12H2,1H3,(H3,30,32,33,36)/p+1. The predicted octanol–water partition coefficient (Wildman–Crippen LogP) is 3.29. The molecule has 182 valence electrons. The predicted molar refractivity (Wildman–Crippen MR) is 141 cm³/mol. The van der Waals surface area contributed by atoms with Crippen LogP contribution in [-0.4, -0.2) is 20.6 Å². The van der Waals surface area contributed by atoms with Crippen molar-refractivity contribution in [3.63, 3.8) is 0 Å². The van der Waals surface area contributed by atoms with Gasteiger partial charge in [-0.2, -0.15) is 0 Å². The number of benzene rings is 2. The van der Waals surface area contributed by atoms with Gasteiger partial charge in [0.05, 0.1) is 11.4 Å². The lowest BCUT2D eigenvalue weighted by Gasteiger charge is -2.21. The summed E-state index contributed by atoms with van der Waals surface area (Å²) in [5.41, 5.74) is 8.67. The molecule has 1 fully saturated rings. The van der Waals surface area contributed by atoms with E-state index in [9.17, 15) is 9.59 Å². The van der Waals surface area contributed by atoms with E-state index in [1.165, 1.54) is 0 Å². The van der Waals surface area contributed by atoms with Gasteiger partial charge in [0.1, 0.15) is 12.4 Å². The summed E-state index contributed by atoms with van der Waals surface area (Å²) in [5.74, 6) is 6.75. The van der Waals surface area contributed by atoms with Crippen molar-refractivity contribution in [1.29, 1.82) is 0 Å². The molecule has 1 unspecified atom stereocenters. The highest BCUT2D eigenvalue weighted by Gasteiger charge is 2.27. The quantitative estimate of drug-likeness (QED) is 0.266. The number of nitrogens with zero attached hydrogens (tertiary/aromatic N) is 3. The molecule has 0 bridgehead atoms. The Morgan fingerprint density at radius 2 is 2.00 bits per heavy atom. The van der Waals surface area contributed by atoms with E-state index in [0.29, 0.717) is 28.3 Å². The first-order valence-corrected chi connectivity index (χ1v) is 12.2. The fraction of sp³-hybridized carbons (Fsp3) is 0.172. The van der Waals surface area contributed by atoms with Gasteiger partial charge in [-0.25, -0.2) is 5.10 Å². The third-order valence-corrected chi connectivity index (χ3v) is 6.58. The van der Waals surface area contributed by atoms with Crippen molar-refractivity contribution in [2.75, 3.05) is 5.73 Å². The number of rotatable bonds is 4. The molecule has 8 nitrogen and oxygen atoms in total. The molecule has 4 N–H and O–H groups in total. The van der Waals surface area contributed by atoms with E-state index in [2.05, 4.69) is 27.2 Å². The number of hydrogen-bond donors (Lipinski definition) is 3. The second-order valence-corrected chi connectivity index (χ2v) is 9.27. The van der Waals surface area contributed by atoms with E-state index < -0.39 is 11.9 Å². The van der Waals surface area contributed by atoms with Crippen LogP contribution < -0.4 is 21.1 Å². The number of nitrogens with one attached hydrogen (secondary N) is 2. The largest absolute Gasteiger partial charge is 0.382 e. The Balaban J connectivity index is 1.48. The highest BCUT2D eigenvalue weighted by Crippen LogP contribution is 2.28. The molecule has 3 aromatic heterocycles. The Labute approximate surface area is 212 Å². The van der Waals surface area contributed by atoms with Crippen LogP contribution in [0, 0.1) is 17.8 Å². The van der Waals surface area contributed by atoms with Gasteiger partial charge >= 0.3 is 5.65 Å². The molecular weight excluding hydrogens is 464 g/mol. The maximum absolute atomic E-state index is 14.0. The fourth-order valence-electron chi connectivity index (χ4n) is 4.57. The lowest BCUT2D eigenvalue weighted by molar-refractivity contribution is -0.577. The monoisotopic (exact) mass is 489 g/mol. The third-order valence-electron chi connectivity index (χ3n) is 6.58. The van der Waals surface area contributed by atoms with Gasteiger partial charge in [0, 0.05) is 28.9 Å². The van der Waals surface area contributed by atoms with Crippen molar-refractivity contribution >= 4 is 28.1 Å². The van der Waals surface area contributed by atoms with Crippen molar-refractivity contribution in [3.8, 4) is 17.5 Å². The number of hydrogen-bond acceptors (Lipinski definition) is 4. The molecule has 0 aliphatic heterocycles. The molecule has 3 heterocycles. The summed E-state index contributed by atoms with van der Waals surface area (Å²) in [4.78, 5) is 31.7. The van der Waals surface area contributed by atoms with Gasteiger partial charge < -0.3 is 11.1 Å². The molecule has 0 radical (unpaired) electrons. The molecule has 1 atom stereocenters. The Morgan fingerprint density at radius 3 is 2.78 bits per heavy atom.